The van der Waals surface area contributed by atoms with Crippen molar-refractivity contribution in [3.05, 3.63) is 125 Å². The van der Waals surface area contributed by atoms with Gasteiger partial charge in [-0.3, -0.25) is 19.2 Å². The number of aromatic hydroxyl groups is 1. The van der Waals surface area contributed by atoms with Crippen molar-refractivity contribution in [3.8, 4) is 33.3 Å². The molecule has 3 aromatic heterocycles. The number of nitrogens with two attached hydrogens (primary N) is 1. The zero-order valence-electron chi connectivity index (χ0n) is 50.4. The van der Waals surface area contributed by atoms with Crippen molar-refractivity contribution in [2.24, 2.45) is 11.8 Å². The van der Waals surface area contributed by atoms with E-state index in [4.69, 9.17) is 15.2 Å². The number of likely N-dealkylation sites (tertiary alicyclic amines) is 3. The second kappa shape index (κ2) is 25.4. The van der Waals surface area contributed by atoms with Crippen molar-refractivity contribution < 1.29 is 38.9 Å². The van der Waals surface area contributed by atoms with Crippen LogP contribution in [0.2, 0.25) is 0 Å². The third-order valence-corrected chi connectivity index (χ3v) is 20.5. The second-order valence-corrected chi connectivity index (χ2v) is 26.5. The molecule has 6 atom stereocenters. The number of amides is 4. The lowest BCUT2D eigenvalue weighted by Gasteiger charge is -2.43. The van der Waals surface area contributed by atoms with Crippen molar-refractivity contribution in [1.82, 2.24) is 45.1 Å². The van der Waals surface area contributed by atoms with Crippen LogP contribution in [0, 0.1) is 18.8 Å². The van der Waals surface area contributed by atoms with Gasteiger partial charge in [-0.05, 0) is 104 Å². The summed E-state index contributed by atoms with van der Waals surface area (Å²) in [6, 6.07) is 26.6. The minimum absolute atomic E-state index is 0.0333. The van der Waals surface area contributed by atoms with Gasteiger partial charge in [-0.2, -0.15) is 0 Å². The molecule has 6 aromatic rings. The number of β-amino-alcohol motifs (C(OH)–C–C–N with tert-alkyl or cyclic N) is 1. The minimum Gasteiger partial charge on any atom is -0.507 e. The number of hydrogen-bond donors (Lipinski definition) is 4. The molecule has 0 radical (unpaired) electrons. The number of ether oxygens (including phenoxy) is 2. The number of aliphatic hydroxyl groups excluding tert-OH is 1. The number of thiazole rings is 1. The van der Waals surface area contributed by atoms with Crippen LogP contribution in [0.25, 0.3) is 21.7 Å². The quantitative estimate of drug-likeness (QED) is 0.0647. The lowest BCUT2D eigenvalue weighted by molar-refractivity contribution is -0.144. The topological polar surface area (TPSA) is 236 Å². The van der Waals surface area contributed by atoms with Gasteiger partial charge in [0.05, 0.1) is 58.2 Å². The van der Waals surface area contributed by atoms with Crippen LogP contribution in [-0.2, 0) is 25.7 Å². The lowest BCUT2D eigenvalue weighted by atomic mass is 9.91. The number of para-hydroxylation sites is 1. The molecular formula is C67H80N12O8S. The fourth-order valence-electron chi connectivity index (χ4n) is 14.8. The Morgan fingerprint density at radius 3 is 2.24 bits per heavy atom. The van der Waals surface area contributed by atoms with E-state index in [1.807, 2.05) is 98.0 Å². The Morgan fingerprint density at radius 2 is 1.53 bits per heavy atom. The van der Waals surface area contributed by atoms with Crippen LogP contribution in [0.1, 0.15) is 111 Å². The van der Waals surface area contributed by atoms with Crippen LogP contribution in [0.15, 0.2) is 103 Å². The highest BCUT2D eigenvalue weighted by molar-refractivity contribution is 7.13. The number of carbonyl (C=O) groups excluding carboxylic acids is 4. The second-order valence-electron chi connectivity index (χ2n) is 25.7. The van der Waals surface area contributed by atoms with Crippen LogP contribution >= 0.6 is 11.3 Å². The number of benzene rings is 3. The molecule has 5 N–H and O–H groups in total. The molecule has 7 aliphatic rings. The van der Waals surface area contributed by atoms with E-state index in [2.05, 4.69) is 52.3 Å². The number of phenolic OH excluding ortho intramolecular Hbond substituents is 1. The molecular weight excluding hydrogens is 1130 g/mol. The smallest absolute Gasteiger partial charge is 0.255 e. The van der Waals surface area contributed by atoms with Crippen LogP contribution in [0.3, 0.4) is 0 Å². The molecule has 2 bridgehead atoms. The first kappa shape index (κ1) is 59.3. The molecule has 13 rings (SSSR count). The van der Waals surface area contributed by atoms with E-state index < -0.39 is 30.1 Å². The summed E-state index contributed by atoms with van der Waals surface area (Å²) in [5.41, 5.74) is 15.5. The van der Waals surface area contributed by atoms with Gasteiger partial charge in [-0.15, -0.1) is 21.5 Å². The maximum atomic E-state index is 14.6. The number of aromatic nitrogens is 4. The summed E-state index contributed by atoms with van der Waals surface area (Å²) < 4.78 is 13.1. The van der Waals surface area contributed by atoms with Gasteiger partial charge in [0.25, 0.3) is 5.91 Å². The van der Waals surface area contributed by atoms with E-state index in [-0.39, 0.29) is 79.2 Å². The number of nitrogens with zero attached hydrogens (tertiary/aromatic N) is 10. The van der Waals surface area contributed by atoms with Gasteiger partial charge in [0.1, 0.15) is 23.9 Å². The molecule has 3 aromatic carbocycles. The molecule has 88 heavy (non-hydrogen) atoms. The number of phenols is 1. The number of piperazine rings is 1. The Labute approximate surface area is 518 Å². The number of nitrogen functional groups attached to an aromatic ring is 1. The number of aryl methyl sites for hydroxylation is 1. The lowest BCUT2D eigenvalue weighted by Crippen LogP contribution is -2.55. The average molecular weight is 1210 g/mol. The molecule has 1 aliphatic carbocycles. The summed E-state index contributed by atoms with van der Waals surface area (Å²) in [7, 11) is 0. The molecule has 1 saturated carbocycles. The molecule has 21 heteroatoms. The number of pyridine rings is 1. The van der Waals surface area contributed by atoms with E-state index in [9.17, 15) is 29.4 Å². The molecule has 9 heterocycles. The number of piperidine rings is 2. The molecule has 20 nitrogen and oxygen atoms in total. The van der Waals surface area contributed by atoms with Crippen LogP contribution in [-0.4, -0.2) is 175 Å². The summed E-state index contributed by atoms with van der Waals surface area (Å²) in [4.78, 5) is 79.7. The van der Waals surface area contributed by atoms with Crippen LogP contribution < -0.4 is 25.6 Å². The molecule has 1 unspecified atom stereocenters. The summed E-state index contributed by atoms with van der Waals surface area (Å²) in [5, 5.41) is 33.3. The first-order valence-corrected chi connectivity index (χ1v) is 32.5. The van der Waals surface area contributed by atoms with E-state index >= 15 is 0 Å². The average Bonchev–Trinajstić information content (AvgIpc) is 1.95. The molecule has 5 saturated heterocycles. The third kappa shape index (κ3) is 12.4. The summed E-state index contributed by atoms with van der Waals surface area (Å²) in [6.07, 6.45) is 9.00. The Bertz CT molecular complexity index is 3500. The summed E-state index contributed by atoms with van der Waals surface area (Å²) >= 11 is 1.56. The summed E-state index contributed by atoms with van der Waals surface area (Å²) in [6.45, 7) is 11.8. The number of fused-ring (bicyclic) bond motifs is 3. The van der Waals surface area contributed by atoms with Crippen molar-refractivity contribution in [3.63, 3.8) is 0 Å². The van der Waals surface area contributed by atoms with Crippen LogP contribution in [0.5, 0.6) is 11.6 Å². The predicted molar refractivity (Wildman–Crippen MR) is 335 cm³/mol. The largest absolute Gasteiger partial charge is 0.507 e. The fraction of sp³-hybridized carbons (Fsp3) is 0.493. The van der Waals surface area contributed by atoms with E-state index in [1.165, 1.54) is 4.90 Å². The van der Waals surface area contributed by atoms with Crippen LogP contribution in [0.4, 0.5) is 17.2 Å². The van der Waals surface area contributed by atoms with Gasteiger partial charge in [-0.1, -0.05) is 68.4 Å². The van der Waals surface area contributed by atoms with Crippen molar-refractivity contribution in [2.45, 2.75) is 146 Å². The van der Waals surface area contributed by atoms with Gasteiger partial charge in [-0.25, -0.2) is 9.97 Å². The van der Waals surface area contributed by atoms with Gasteiger partial charge in [0.2, 0.25) is 23.6 Å². The number of carbonyl (C=O) groups is 4. The number of aliphatic hydroxyl groups is 1. The Hall–Kier alpha value is -7.72. The highest BCUT2D eigenvalue weighted by atomic mass is 32.1. The van der Waals surface area contributed by atoms with E-state index in [0.29, 0.717) is 54.1 Å². The van der Waals surface area contributed by atoms with Gasteiger partial charge >= 0.3 is 0 Å². The monoisotopic (exact) mass is 1210 g/mol. The van der Waals surface area contributed by atoms with Gasteiger partial charge in [0, 0.05) is 119 Å². The first-order valence-electron chi connectivity index (χ1n) is 31.6. The SMILES string of the molecule is Cc1ncsc1-c1ccc([C@H](CC(=O)N2CCC(CN3CCC(OC4CC(Oc5cc(N6C7CC[C@@H]6CN(c6cc(-c8ccccc8O)nnc6N)C7)ccn5)C4)CC3)CC2)NC(=O)[C@@H]2C[C@@H](O)CN2C(=O)[C@@H](C(C)C)N2Cc3ccccc3C2=O)cc1. The predicted octanol–water partition coefficient (Wildman–Crippen LogP) is 7.64. The summed E-state index contributed by atoms with van der Waals surface area (Å²) in [5.74, 6) is 0.300. The molecule has 6 fully saturated rings. The molecule has 0 spiro atoms. The zero-order valence-corrected chi connectivity index (χ0v) is 51.2. The molecule has 462 valence electrons. The number of anilines is 3. The first-order chi connectivity index (χ1) is 42.7. The van der Waals surface area contributed by atoms with Crippen molar-refractivity contribution in [2.75, 3.05) is 67.9 Å². The van der Waals surface area contributed by atoms with E-state index in [0.717, 1.165) is 123 Å². The third-order valence-electron chi connectivity index (χ3n) is 19.5. The minimum atomic E-state index is -0.990. The van der Waals surface area contributed by atoms with Crippen molar-refractivity contribution in [1.29, 1.82) is 0 Å². The van der Waals surface area contributed by atoms with Crippen molar-refractivity contribution >= 4 is 52.2 Å². The number of rotatable bonds is 18. The fourth-order valence-corrected chi connectivity index (χ4v) is 15.6. The van der Waals surface area contributed by atoms with Gasteiger partial charge in [0.15, 0.2) is 5.82 Å². The maximum absolute atomic E-state index is 14.6. The molecule has 4 amide bonds. The number of hydrogen-bond acceptors (Lipinski definition) is 17. The standard InChI is InChI=1S/C67H80N12O8S/c1-40(2)62(78-35-45-8-4-5-9-53(45)66(78)84)67(85)77-38-49(80)29-58(77)65(83)71-55(43-12-14-44(15-13-43)63-41(3)70-39-88-63)33-61(82)75-26-19-42(20-27-75)34-74-24-21-50(22-25-74)86-51-30-52(31-51)87-60-28-46(18-23-69-60)79-47-16-17-48(79)37-76(36-47)57-32-56(72-73-64(57)68)54-10-6-7-11-59(54)81/h4-15,18,23,28,32,39-40,42,47-52,55,58,62,80-81H,16-17,19-22,24-27,29-31,33-38H2,1-3H3,(H2,68,73)(H,71,83)/t47-,48?,49-,51?,52?,55+,58+,62-/m1/s1. The van der Waals surface area contributed by atoms with Gasteiger partial charge < -0.3 is 60.1 Å². The Kier molecular flexibility index (Phi) is 17.1. The maximum Gasteiger partial charge on any atom is 0.255 e. The zero-order chi connectivity index (χ0) is 60.7. The van der Waals surface area contributed by atoms with E-state index in [1.54, 1.807) is 34.4 Å². The normalized spacial score (nSPS) is 24.0. The Balaban J connectivity index is 0.566. The molecule has 6 aliphatic heterocycles. The highest BCUT2D eigenvalue weighted by Crippen LogP contribution is 2.41. The Morgan fingerprint density at radius 1 is 0.807 bits per heavy atom. The number of nitrogens with one attached hydrogen (secondary N) is 1. The highest BCUT2D eigenvalue weighted by Gasteiger charge is 2.47.